The predicted molar refractivity (Wildman–Crippen MR) is 115 cm³/mol. The second-order valence-corrected chi connectivity index (χ2v) is 8.33. The third-order valence-corrected chi connectivity index (χ3v) is 5.88. The topological polar surface area (TPSA) is 74.3 Å². The Labute approximate surface area is 209 Å². The maximum Gasteiger partial charge on any atom is 1.00 e. The van der Waals surface area contributed by atoms with Crippen LogP contribution in [0.3, 0.4) is 0 Å². The van der Waals surface area contributed by atoms with Crippen molar-refractivity contribution in [1.82, 2.24) is 9.80 Å². The van der Waals surface area contributed by atoms with Crippen LogP contribution in [0.4, 0.5) is 0 Å². The summed E-state index contributed by atoms with van der Waals surface area (Å²) < 4.78 is 9.24. The Balaban J connectivity index is 0.00000841. The van der Waals surface area contributed by atoms with E-state index in [0.717, 1.165) is 69.8 Å². The van der Waals surface area contributed by atoms with Gasteiger partial charge in [0.25, 0.3) is 0 Å². The van der Waals surface area contributed by atoms with Crippen LogP contribution in [0, 0.1) is 0 Å². The van der Waals surface area contributed by atoms with Crippen LogP contribution in [0.1, 0.15) is 64.2 Å². The van der Waals surface area contributed by atoms with E-state index in [9.17, 15) is 10.1 Å². The van der Waals surface area contributed by atoms with E-state index >= 15 is 0 Å². The SMILES string of the molecule is C=CC(=O)OCCCCCCCCCCCN1CCN(CCCSOO[O-])CC1.[Na+]. The zero-order chi connectivity index (χ0) is 21.0. The Morgan fingerprint density at radius 2 is 1.37 bits per heavy atom. The van der Waals surface area contributed by atoms with Gasteiger partial charge < -0.3 is 19.8 Å². The first kappa shape index (κ1) is 30.4. The number of esters is 1. The van der Waals surface area contributed by atoms with Crippen molar-refractivity contribution >= 4 is 18.0 Å². The van der Waals surface area contributed by atoms with Gasteiger partial charge in [-0.2, -0.15) is 4.33 Å². The van der Waals surface area contributed by atoms with Gasteiger partial charge in [0.2, 0.25) is 0 Å². The monoisotopic (exact) mass is 454 g/mol. The minimum Gasteiger partial charge on any atom is -0.691 e. The van der Waals surface area contributed by atoms with Crippen LogP contribution < -0.4 is 34.8 Å². The van der Waals surface area contributed by atoms with Gasteiger partial charge in [-0.1, -0.05) is 51.5 Å². The molecule has 1 aliphatic heterocycles. The van der Waals surface area contributed by atoms with Crippen LogP contribution in [0.25, 0.3) is 0 Å². The summed E-state index contributed by atoms with van der Waals surface area (Å²) in [7, 11) is 0. The number of unbranched alkanes of at least 4 members (excludes halogenated alkanes) is 8. The summed E-state index contributed by atoms with van der Waals surface area (Å²) in [6.45, 7) is 10.8. The van der Waals surface area contributed by atoms with Gasteiger partial charge in [-0.3, -0.25) is 5.04 Å². The van der Waals surface area contributed by atoms with Gasteiger partial charge in [0.1, 0.15) is 0 Å². The summed E-state index contributed by atoms with van der Waals surface area (Å²) in [4.78, 5) is 16.0. The summed E-state index contributed by atoms with van der Waals surface area (Å²) in [6, 6.07) is 0. The van der Waals surface area contributed by atoms with Crippen molar-refractivity contribution in [3.05, 3.63) is 12.7 Å². The summed E-state index contributed by atoms with van der Waals surface area (Å²) in [5.41, 5.74) is 0. The second-order valence-electron chi connectivity index (χ2n) is 7.55. The van der Waals surface area contributed by atoms with E-state index in [2.05, 4.69) is 25.8 Å². The minimum absolute atomic E-state index is 0. The molecule has 0 aromatic heterocycles. The fourth-order valence-corrected chi connectivity index (χ4v) is 3.90. The number of hydrogen-bond donors (Lipinski definition) is 0. The van der Waals surface area contributed by atoms with Gasteiger partial charge in [-0.25, -0.2) is 4.79 Å². The number of ether oxygens (including phenoxy) is 1. The van der Waals surface area contributed by atoms with Crippen molar-refractivity contribution in [1.29, 1.82) is 0 Å². The molecular formula is C21H39N2NaO5S. The Morgan fingerprint density at radius 3 is 1.90 bits per heavy atom. The number of carbonyl (C=O) groups is 1. The average molecular weight is 455 g/mol. The Bertz CT molecular complexity index is 413. The molecule has 1 rings (SSSR count). The van der Waals surface area contributed by atoms with E-state index in [4.69, 9.17) is 4.74 Å². The van der Waals surface area contributed by atoms with Gasteiger partial charge in [0, 0.05) is 50.1 Å². The first-order chi connectivity index (χ1) is 14.3. The predicted octanol–water partition coefficient (Wildman–Crippen LogP) is 0.110. The quantitative estimate of drug-likeness (QED) is 0.0518. The van der Waals surface area contributed by atoms with Crippen LogP contribution in [0.15, 0.2) is 12.7 Å². The zero-order valence-electron chi connectivity index (χ0n) is 18.9. The molecule has 9 heteroatoms. The van der Waals surface area contributed by atoms with Crippen molar-refractivity contribution in [3.8, 4) is 0 Å². The molecule has 1 fully saturated rings. The first-order valence-electron chi connectivity index (χ1n) is 11.1. The van der Waals surface area contributed by atoms with Gasteiger partial charge in [0.05, 0.1) is 6.61 Å². The Hall–Kier alpha value is 0.360. The molecular weight excluding hydrogens is 415 g/mol. The summed E-state index contributed by atoms with van der Waals surface area (Å²) in [5, 5.41) is 13.0. The third-order valence-electron chi connectivity index (χ3n) is 5.27. The molecule has 7 nitrogen and oxygen atoms in total. The molecule has 0 aromatic rings. The number of nitrogens with zero attached hydrogens (tertiary/aromatic N) is 2. The molecule has 0 bridgehead atoms. The molecule has 170 valence electrons. The van der Waals surface area contributed by atoms with Crippen molar-refractivity contribution in [2.24, 2.45) is 0 Å². The molecule has 0 N–H and O–H groups in total. The van der Waals surface area contributed by atoms with Gasteiger partial charge in [-0.15, -0.1) is 0 Å². The normalized spacial score (nSPS) is 15.0. The largest absolute Gasteiger partial charge is 1.00 e. The molecule has 1 saturated heterocycles. The molecule has 0 atom stereocenters. The molecule has 1 aliphatic rings. The van der Waals surface area contributed by atoms with Crippen molar-refractivity contribution in [2.45, 2.75) is 64.2 Å². The van der Waals surface area contributed by atoms with Crippen molar-refractivity contribution in [3.63, 3.8) is 0 Å². The van der Waals surface area contributed by atoms with Crippen LogP contribution in [-0.2, 0) is 18.9 Å². The van der Waals surface area contributed by atoms with Crippen molar-refractivity contribution in [2.75, 3.05) is 51.6 Å². The summed E-state index contributed by atoms with van der Waals surface area (Å²) in [6.07, 6.45) is 13.4. The van der Waals surface area contributed by atoms with Crippen molar-refractivity contribution < 1.29 is 53.7 Å². The van der Waals surface area contributed by atoms with E-state index in [1.807, 2.05) is 0 Å². The molecule has 0 aromatic carbocycles. The van der Waals surface area contributed by atoms with E-state index in [-0.39, 0.29) is 35.5 Å². The molecule has 0 spiro atoms. The minimum atomic E-state index is -0.319. The van der Waals surface area contributed by atoms with Gasteiger partial charge in [0.15, 0.2) is 0 Å². The zero-order valence-corrected chi connectivity index (χ0v) is 21.7. The standard InChI is InChI=1S/C21H40N2O5S.Na/c1-2-21(24)26-19-11-9-7-5-3-4-6-8-10-13-22-15-17-23(18-16-22)14-12-20-29-28-27-25;/h2,25H,1,3-20H2;/q;+1/p-1. The third kappa shape index (κ3) is 18.0. The molecule has 0 aliphatic carbocycles. The van der Waals surface area contributed by atoms with Gasteiger partial charge >= 0.3 is 35.5 Å². The van der Waals surface area contributed by atoms with Crippen LogP contribution in [0.5, 0.6) is 0 Å². The first-order valence-corrected chi connectivity index (χ1v) is 12.0. The molecule has 0 radical (unpaired) electrons. The van der Waals surface area contributed by atoms with Gasteiger partial charge in [-0.05, 0) is 32.4 Å². The second kappa shape index (κ2) is 22.6. The molecule has 0 unspecified atom stereocenters. The molecule has 0 amide bonds. The number of piperazine rings is 1. The fourth-order valence-electron chi connectivity index (χ4n) is 3.54. The average Bonchev–Trinajstić information content (AvgIpc) is 2.75. The molecule has 0 saturated carbocycles. The maximum absolute atomic E-state index is 10.9. The van der Waals surface area contributed by atoms with E-state index in [1.165, 1.54) is 57.6 Å². The van der Waals surface area contributed by atoms with E-state index in [0.29, 0.717) is 6.61 Å². The molecule has 30 heavy (non-hydrogen) atoms. The number of carbonyl (C=O) groups excluding carboxylic acids is 1. The number of rotatable bonds is 19. The number of hydrogen-bond acceptors (Lipinski definition) is 8. The van der Waals surface area contributed by atoms with Crippen LogP contribution in [-0.4, -0.2) is 67.4 Å². The van der Waals surface area contributed by atoms with E-state index in [1.54, 1.807) is 0 Å². The fraction of sp³-hybridized carbons (Fsp3) is 0.857. The van der Waals surface area contributed by atoms with E-state index < -0.39 is 0 Å². The Kier molecular flexibility index (Phi) is 22.8. The van der Waals surface area contributed by atoms with Crippen LogP contribution in [0.2, 0.25) is 0 Å². The maximum atomic E-state index is 10.9. The molecule has 1 heterocycles. The summed E-state index contributed by atoms with van der Waals surface area (Å²) >= 11 is 1.08. The Morgan fingerprint density at radius 1 is 0.867 bits per heavy atom. The van der Waals surface area contributed by atoms with Crippen LogP contribution >= 0.6 is 12.0 Å². The summed E-state index contributed by atoms with van der Waals surface area (Å²) in [5.74, 6) is 0.467. The smallest absolute Gasteiger partial charge is 0.691 e.